The van der Waals surface area contributed by atoms with E-state index in [1.165, 1.54) is 0 Å². The average molecular weight is 526 g/mol. The van der Waals surface area contributed by atoms with E-state index in [9.17, 15) is 4.79 Å². The smallest absolute Gasteiger partial charge is 0.239 e. The van der Waals surface area contributed by atoms with Gasteiger partial charge < -0.3 is 25.4 Å². The van der Waals surface area contributed by atoms with Crippen LogP contribution in [0.3, 0.4) is 0 Å². The normalized spacial score (nSPS) is 10.6. The zero-order valence-corrected chi connectivity index (χ0v) is 20.3. The van der Waals surface area contributed by atoms with Gasteiger partial charge in [0, 0.05) is 25.7 Å². The second-order valence-electron chi connectivity index (χ2n) is 6.45. The van der Waals surface area contributed by atoms with Gasteiger partial charge in [-0.15, -0.1) is 24.0 Å². The number of carbonyl (C=O) groups is 1. The Morgan fingerprint density at radius 1 is 1.03 bits per heavy atom. The molecular weight excluding hydrogens is 495 g/mol. The number of guanidine groups is 1. The lowest BCUT2D eigenvalue weighted by atomic mass is 10.1. The summed E-state index contributed by atoms with van der Waals surface area (Å²) in [6.45, 7) is 5.73. The van der Waals surface area contributed by atoms with Crippen LogP contribution in [0.15, 0.2) is 47.5 Å². The molecule has 0 aliphatic carbocycles. The number of halogens is 1. The minimum atomic E-state index is -0.117. The van der Waals surface area contributed by atoms with E-state index >= 15 is 0 Å². The molecule has 3 N–H and O–H groups in total. The van der Waals surface area contributed by atoms with E-state index in [2.05, 4.69) is 20.9 Å². The largest absolute Gasteiger partial charge is 0.497 e. The fourth-order valence-electron chi connectivity index (χ4n) is 2.67. The molecule has 0 heterocycles. The Kier molecular flexibility index (Phi) is 11.7. The van der Waals surface area contributed by atoms with Crippen molar-refractivity contribution in [1.29, 1.82) is 0 Å². The monoisotopic (exact) mass is 526 g/mol. The Hall–Kier alpha value is -2.49. The minimum Gasteiger partial charge on any atom is -0.497 e. The maximum absolute atomic E-state index is 12.1. The second kappa shape index (κ2) is 13.7. The molecule has 30 heavy (non-hydrogen) atoms. The Morgan fingerprint density at radius 3 is 2.40 bits per heavy atom. The van der Waals surface area contributed by atoms with Gasteiger partial charge in [0.15, 0.2) is 5.96 Å². The lowest BCUT2D eigenvalue weighted by molar-refractivity contribution is -0.120. The SMILES string of the molecule is CCOc1cc(C)ccc1CNC(=NC)NCC(=O)NCc1ccc(OC)cc1.I. The molecular formula is C22H31IN4O3. The molecule has 2 aromatic carbocycles. The van der Waals surface area contributed by atoms with E-state index < -0.39 is 0 Å². The molecule has 0 saturated carbocycles. The summed E-state index contributed by atoms with van der Waals surface area (Å²) in [4.78, 5) is 16.3. The summed E-state index contributed by atoms with van der Waals surface area (Å²) >= 11 is 0. The highest BCUT2D eigenvalue weighted by Crippen LogP contribution is 2.20. The first-order chi connectivity index (χ1) is 14.0. The van der Waals surface area contributed by atoms with Crippen LogP contribution in [0.4, 0.5) is 0 Å². The van der Waals surface area contributed by atoms with Crippen molar-refractivity contribution in [2.75, 3.05) is 27.3 Å². The molecule has 0 bridgehead atoms. The van der Waals surface area contributed by atoms with Crippen molar-refractivity contribution < 1.29 is 14.3 Å². The number of aryl methyl sites for hydroxylation is 1. The van der Waals surface area contributed by atoms with Gasteiger partial charge in [-0.25, -0.2) is 0 Å². The summed E-state index contributed by atoms with van der Waals surface area (Å²) in [6, 6.07) is 13.7. The second-order valence-corrected chi connectivity index (χ2v) is 6.45. The van der Waals surface area contributed by atoms with Gasteiger partial charge in [-0.2, -0.15) is 0 Å². The maximum Gasteiger partial charge on any atom is 0.239 e. The fourth-order valence-corrected chi connectivity index (χ4v) is 2.67. The number of hydrogen-bond acceptors (Lipinski definition) is 4. The lowest BCUT2D eigenvalue weighted by Gasteiger charge is -2.15. The maximum atomic E-state index is 12.1. The molecule has 0 aliphatic heterocycles. The highest BCUT2D eigenvalue weighted by molar-refractivity contribution is 14.0. The number of nitrogens with one attached hydrogen (secondary N) is 3. The molecule has 0 aromatic heterocycles. The van der Waals surface area contributed by atoms with Crippen molar-refractivity contribution in [1.82, 2.24) is 16.0 Å². The first-order valence-electron chi connectivity index (χ1n) is 9.62. The first-order valence-corrected chi connectivity index (χ1v) is 9.62. The Labute approximate surface area is 195 Å². The van der Waals surface area contributed by atoms with Crippen molar-refractivity contribution in [3.05, 3.63) is 59.2 Å². The van der Waals surface area contributed by atoms with Crippen LogP contribution in [0.2, 0.25) is 0 Å². The molecule has 2 rings (SSSR count). The first kappa shape index (κ1) is 25.5. The highest BCUT2D eigenvalue weighted by Gasteiger charge is 2.07. The van der Waals surface area contributed by atoms with Gasteiger partial charge in [-0.3, -0.25) is 9.79 Å². The van der Waals surface area contributed by atoms with Crippen molar-refractivity contribution in [2.24, 2.45) is 4.99 Å². The summed E-state index contributed by atoms with van der Waals surface area (Å²) in [5, 5.41) is 9.11. The molecule has 8 heteroatoms. The number of benzene rings is 2. The molecule has 0 spiro atoms. The van der Waals surface area contributed by atoms with Gasteiger partial charge in [0.2, 0.25) is 5.91 Å². The van der Waals surface area contributed by atoms with Crippen LogP contribution < -0.4 is 25.4 Å². The predicted octanol–water partition coefficient (Wildman–Crippen LogP) is 3.00. The van der Waals surface area contributed by atoms with Gasteiger partial charge in [0.05, 0.1) is 20.3 Å². The topological polar surface area (TPSA) is 84.0 Å². The van der Waals surface area contributed by atoms with Crippen molar-refractivity contribution in [2.45, 2.75) is 26.9 Å². The molecule has 0 unspecified atom stereocenters. The van der Waals surface area contributed by atoms with Gasteiger partial charge in [-0.1, -0.05) is 24.3 Å². The van der Waals surface area contributed by atoms with Gasteiger partial charge in [0.1, 0.15) is 11.5 Å². The van der Waals surface area contributed by atoms with Gasteiger partial charge >= 0.3 is 0 Å². The Balaban J connectivity index is 0.00000450. The van der Waals surface area contributed by atoms with Gasteiger partial charge in [-0.05, 0) is 43.2 Å². The molecule has 164 valence electrons. The van der Waals surface area contributed by atoms with Crippen LogP contribution in [0.25, 0.3) is 0 Å². The molecule has 0 saturated heterocycles. The third-order valence-corrected chi connectivity index (χ3v) is 4.26. The van der Waals surface area contributed by atoms with Crippen LogP contribution in [-0.2, 0) is 17.9 Å². The summed E-state index contributed by atoms with van der Waals surface area (Å²) in [6.07, 6.45) is 0. The summed E-state index contributed by atoms with van der Waals surface area (Å²) in [7, 11) is 3.29. The Bertz CT molecular complexity index is 826. The van der Waals surface area contributed by atoms with Crippen molar-refractivity contribution >= 4 is 35.8 Å². The molecule has 1 amide bonds. The molecule has 0 aliphatic rings. The summed E-state index contributed by atoms with van der Waals surface area (Å²) < 4.78 is 10.8. The predicted molar refractivity (Wildman–Crippen MR) is 131 cm³/mol. The zero-order chi connectivity index (χ0) is 21.1. The van der Waals surface area contributed by atoms with E-state index in [0.29, 0.717) is 25.7 Å². The quantitative estimate of drug-likeness (QED) is 0.266. The third-order valence-electron chi connectivity index (χ3n) is 4.26. The third kappa shape index (κ3) is 8.48. The summed E-state index contributed by atoms with van der Waals surface area (Å²) in [5.41, 5.74) is 3.18. The van der Waals surface area contributed by atoms with E-state index in [4.69, 9.17) is 9.47 Å². The molecule has 0 atom stereocenters. The van der Waals surface area contributed by atoms with Crippen molar-refractivity contribution in [3.8, 4) is 11.5 Å². The number of amides is 1. The van der Waals surface area contributed by atoms with Crippen LogP contribution >= 0.6 is 24.0 Å². The molecule has 2 aromatic rings. The van der Waals surface area contributed by atoms with E-state index in [1.54, 1.807) is 14.2 Å². The number of hydrogen-bond donors (Lipinski definition) is 3. The van der Waals surface area contributed by atoms with Crippen LogP contribution in [0.5, 0.6) is 11.5 Å². The average Bonchev–Trinajstić information content (AvgIpc) is 2.74. The number of nitrogens with zero attached hydrogens (tertiary/aromatic N) is 1. The number of ether oxygens (including phenoxy) is 2. The molecule has 7 nitrogen and oxygen atoms in total. The van der Waals surface area contributed by atoms with Crippen LogP contribution in [0.1, 0.15) is 23.6 Å². The standard InChI is InChI=1S/C22H30N4O3.HI/c1-5-29-20-12-16(2)6-9-18(20)14-25-22(23-3)26-15-21(27)24-13-17-7-10-19(28-4)11-8-17;/h6-12H,5,13-15H2,1-4H3,(H,24,27)(H2,23,25,26);1H. The van der Waals surface area contributed by atoms with Gasteiger partial charge in [0.25, 0.3) is 0 Å². The van der Waals surface area contributed by atoms with E-state index in [0.717, 1.165) is 28.2 Å². The van der Waals surface area contributed by atoms with Crippen LogP contribution in [-0.4, -0.2) is 39.2 Å². The van der Waals surface area contributed by atoms with E-state index in [-0.39, 0.29) is 36.4 Å². The molecule has 0 fully saturated rings. The van der Waals surface area contributed by atoms with E-state index in [1.807, 2.05) is 56.3 Å². The summed E-state index contributed by atoms with van der Waals surface area (Å²) in [5.74, 6) is 2.08. The van der Waals surface area contributed by atoms with Crippen molar-refractivity contribution in [3.63, 3.8) is 0 Å². The number of methoxy groups -OCH3 is 1. The highest BCUT2D eigenvalue weighted by atomic mass is 127. The van der Waals surface area contributed by atoms with Crippen LogP contribution in [0, 0.1) is 6.92 Å². The number of aliphatic imine (C=N–C) groups is 1. The fraction of sp³-hybridized carbons (Fsp3) is 0.364. The minimum absolute atomic E-state index is 0. The Morgan fingerprint density at radius 2 is 1.77 bits per heavy atom. The number of rotatable bonds is 9. The number of carbonyl (C=O) groups excluding carboxylic acids is 1. The lowest BCUT2D eigenvalue weighted by Crippen LogP contribution is -2.42. The zero-order valence-electron chi connectivity index (χ0n) is 18.0. The molecule has 0 radical (unpaired) electrons.